The van der Waals surface area contributed by atoms with Crippen LogP contribution in [-0.2, 0) is 4.74 Å². The number of rotatable bonds is 5. The average Bonchev–Trinajstić information content (AvgIpc) is 2.46. The quantitative estimate of drug-likeness (QED) is 0.833. The molecular weight excluding hydrogens is 242 g/mol. The largest absolute Gasteiger partial charge is 0.394 e. The minimum Gasteiger partial charge on any atom is -0.394 e. The maximum atomic E-state index is 8.75. The molecule has 1 aliphatic rings. The van der Waals surface area contributed by atoms with Crippen molar-refractivity contribution >= 4 is 5.82 Å². The first-order chi connectivity index (χ1) is 9.20. The highest BCUT2D eigenvalue weighted by atomic mass is 16.5. The summed E-state index contributed by atoms with van der Waals surface area (Å²) in [6, 6.07) is 4.07. The van der Waals surface area contributed by atoms with Gasteiger partial charge in [-0.25, -0.2) is 4.98 Å². The van der Waals surface area contributed by atoms with Crippen LogP contribution < -0.4 is 10.6 Å². The number of anilines is 1. The Morgan fingerprint density at radius 3 is 2.89 bits per heavy atom. The first-order valence-electron chi connectivity index (χ1n) is 6.89. The van der Waals surface area contributed by atoms with Gasteiger partial charge in [0.2, 0.25) is 0 Å². The van der Waals surface area contributed by atoms with E-state index in [9.17, 15) is 0 Å². The van der Waals surface area contributed by atoms with Crippen molar-refractivity contribution in [3.05, 3.63) is 23.9 Å². The lowest BCUT2D eigenvalue weighted by molar-refractivity contribution is 0.0158. The van der Waals surface area contributed by atoms with Gasteiger partial charge < -0.3 is 20.5 Å². The smallest absolute Gasteiger partial charge is 0.128 e. The van der Waals surface area contributed by atoms with Crippen molar-refractivity contribution in [2.45, 2.75) is 31.9 Å². The van der Waals surface area contributed by atoms with Gasteiger partial charge in [0.05, 0.1) is 19.3 Å². The van der Waals surface area contributed by atoms with E-state index in [4.69, 9.17) is 15.6 Å². The van der Waals surface area contributed by atoms with E-state index < -0.39 is 0 Å². The number of hydrogen-bond acceptors (Lipinski definition) is 5. The monoisotopic (exact) mass is 265 g/mol. The Kier molecular flexibility index (Phi) is 5.13. The Morgan fingerprint density at radius 2 is 2.26 bits per heavy atom. The number of hydrogen-bond donors (Lipinski definition) is 2. The number of pyridine rings is 1. The van der Waals surface area contributed by atoms with Gasteiger partial charge in [-0.05, 0) is 37.5 Å². The third-order valence-electron chi connectivity index (χ3n) is 3.51. The summed E-state index contributed by atoms with van der Waals surface area (Å²) < 4.78 is 5.56. The van der Waals surface area contributed by atoms with Gasteiger partial charge in [-0.2, -0.15) is 0 Å². The molecule has 1 fully saturated rings. The normalized spacial score (nSPS) is 18.6. The highest BCUT2D eigenvalue weighted by molar-refractivity contribution is 5.42. The molecule has 1 atom stereocenters. The molecule has 1 aromatic rings. The summed E-state index contributed by atoms with van der Waals surface area (Å²) in [5.41, 5.74) is 7.01. The van der Waals surface area contributed by atoms with Gasteiger partial charge in [-0.15, -0.1) is 0 Å². The molecule has 5 heteroatoms. The standard InChI is InChI=1S/C14H23N3O2/c1-11(15)12-2-5-16-14(10-12)17-6-3-13(4-7-17)19-9-8-18/h2,5,10-11,13,18H,3-4,6-9,15H2,1H3/t11-/m0/s1. The minimum absolute atomic E-state index is 0.0344. The van der Waals surface area contributed by atoms with Crippen molar-refractivity contribution in [3.63, 3.8) is 0 Å². The lowest BCUT2D eigenvalue weighted by atomic mass is 10.1. The predicted octanol–water partition coefficient (Wildman–Crippen LogP) is 1.08. The molecule has 2 rings (SSSR count). The summed E-state index contributed by atoms with van der Waals surface area (Å²) in [5.74, 6) is 0.996. The highest BCUT2D eigenvalue weighted by Crippen LogP contribution is 2.21. The van der Waals surface area contributed by atoms with Gasteiger partial charge in [0.25, 0.3) is 0 Å². The number of nitrogens with two attached hydrogens (primary N) is 1. The van der Waals surface area contributed by atoms with Crippen LogP contribution in [0.15, 0.2) is 18.3 Å². The maximum absolute atomic E-state index is 8.75. The minimum atomic E-state index is 0.0344. The molecule has 5 nitrogen and oxygen atoms in total. The van der Waals surface area contributed by atoms with Crippen molar-refractivity contribution in [3.8, 4) is 0 Å². The van der Waals surface area contributed by atoms with E-state index in [2.05, 4.69) is 16.0 Å². The number of ether oxygens (including phenoxy) is 1. The maximum Gasteiger partial charge on any atom is 0.128 e. The Labute approximate surface area is 114 Å². The predicted molar refractivity (Wildman–Crippen MR) is 75.1 cm³/mol. The topological polar surface area (TPSA) is 71.6 Å². The van der Waals surface area contributed by atoms with E-state index in [1.807, 2.05) is 19.2 Å². The number of aliphatic hydroxyl groups is 1. The van der Waals surface area contributed by atoms with Crippen LogP contribution in [0.3, 0.4) is 0 Å². The highest BCUT2D eigenvalue weighted by Gasteiger charge is 2.20. The molecule has 0 bridgehead atoms. The molecule has 106 valence electrons. The van der Waals surface area contributed by atoms with Gasteiger partial charge in [0.15, 0.2) is 0 Å². The molecule has 1 saturated heterocycles. The molecule has 0 saturated carbocycles. The third kappa shape index (κ3) is 3.89. The van der Waals surface area contributed by atoms with E-state index in [-0.39, 0.29) is 18.8 Å². The van der Waals surface area contributed by atoms with Crippen LogP contribution in [0.5, 0.6) is 0 Å². The van der Waals surface area contributed by atoms with E-state index in [0.29, 0.717) is 6.61 Å². The summed E-state index contributed by atoms with van der Waals surface area (Å²) in [5, 5.41) is 8.75. The summed E-state index contributed by atoms with van der Waals surface area (Å²) in [7, 11) is 0. The van der Waals surface area contributed by atoms with Crippen LogP contribution in [0, 0.1) is 0 Å². The second-order valence-corrected chi connectivity index (χ2v) is 5.02. The van der Waals surface area contributed by atoms with E-state index in [1.54, 1.807) is 0 Å². The molecule has 0 aromatic carbocycles. The fraction of sp³-hybridized carbons (Fsp3) is 0.643. The molecule has 0 spiro atoms. The van der Waals surface area contributed by atoms with Crippen molar-refractivity contribution in [2.24, 2.45) is 5.73 Å². The fourth-order valence-electron chi connectivity index (χ4n) is 2.36. The van der Waals surface area contributed by atoms with Crippen LogP contribution in [-0.4, -0.2) is 42.5 Å². The van der Waals surface area contributed by atoms with Gasteiger partial charge in [0, 0.05) is 25.3 Å². The molecule has 0 unspecified atom stereocenters. The molecule has 0 aliphatic carbocycles. The molecule has 1 aliphatic heterocycles. The Balaban J connectivity index is 1.92. The lowest BCUT2D eigenvalue weighted by Gasteiger charge is -2.32. The van der Waals surface area contributed by atoms with Gasteiger partial charge in [0.1, 0.15) is 5.82 Å². The molecular formula is C14H23N3O2. The fourth-order valence-corrected chi connectivity index (χ4v) is 2.36. The van der Waals surface area contributed by atoms with Crippen molar-refractivity contribution in [1.29, 1.82) is 0 Å². The number of aromatic nitrogens is 1. The number of aliphatic hydroxyl groups excluding tert-OH is 1. The first-order valence-corrected chi connectivity index (χ1v) is 6.89. The van der Waals surface area contributed by atoms with Crippen molar-refractivity contribution in [2.75, 3.05) is 31.2 Å². The summed E-state index contributed by atoms with van der Waals surface area (Å²) in [6.45, 7) is 4.38. The second-order valence-electron chi connectivity index (χ2n) is 5.02. The summed E-state index contributed by atoms with van der Waals surface area (Å²) in [6.07, 6.45) is 4.04. The zero-order valence-electron chi connectivity index (χ0n) is 11.5. The Hall–Kier alpha value is -1.17. The molecule has 3 N–H and O–H groups in total. The summed E-state index contributed by atoms with van der Waals surface area (Å²) >= 11 is 0. The summed E-state index contributed by atoms with van der Waals surface area (Å²) in [4.78, 5) is 6.69. The molecule has 1 aromatic heterocycles. The van der Waals surface area contributed by atoms with Crippen LogP contribution >= 0.6 is 0 Å². The molecule has 0 amide bonds. The third-order valence-corrected chi connectivity index (χ3v) is 3.51. The Bertz CT molecular complexity index is 390. The van der Waals surface area contributed by atoms with E-state index >= 15 is 0 Å². The first kappa shape index (κ1) is 14.2. The SMILES string of the molecule is C[C@H](N)c1ccnc(N2CCC(OCCO)CC2)c1. The Morgan fingerprint density at radius 1 is 1.53 bits per heavy atom. The second kappa shape index (κ2) is 6.84. The number of piperidine rings is 1. The molecule has 19 heavy (non-hydrogen) atoms. The average molecular weight is 265 g/mol. The zero-order valence-corrected chi connectivity index (χ0v) is 11.5. The number of nitrogens with zero attached hydrogens (tertiary/aromatic N) is 2. The van der Waals surface area contributed by atoms with Crippen molar-refractivity contribution in [1.82, 2.24) is 4.98 Å². The van der Waals surface area contributed by atoms with Gasteiger partial charge >= 0.3 is 0 Å². The molecule has 2 heterocycles. The van der Waals surface area contributed by atoms with Crippen LogP contribution in [0.25, 0.3) is 0 Å². The van der Waals surface area contributed by atoms with E-state index in [1.165, 1.54) is 0 Å². The van der Waals surface area contributed by atoms with E-state index in [0.717, 1.165) is 37.3 Å². The van der Waals surface area contributed by atoms with Crippen molar-refractivity contribution < 1.29 is 9.84 Å². The van der Waals surface area contributed by atoms with Gasteiger partial charge in [-0.1, -0.05) is 0 Å². The van der Waals surface area contributed by atoms with Gasteiger partial charge in [-0.3, -0.25) is 0 Å². The zero-order chi connectivity index (χ0) is 13.7. The van der Waals surface area contributed by atoms with Crippen LogP contribution in [0.2, 0.25) is 0 Å². The van der Waals surface area contributed by atoms with Crippen LogP contribution in [0.4, 0.5) is 5.82 Å². The lowest BCUT2D eigenvalue weighted by Crippen LogP contribution is -2.37. The van der Waals surface area contributed by atoms with Crippen LogP contribution in [0.1, 0.15) is 31.4 Å². The molecule has 0 radical (unpaired) electrons.